The van der Waals surface area contributed by atoms with Crippen LogP contribution in [0.2, 0.25) is 0 Å². The number of hydrogen-bond donors (Lipinski definition) is 4. The molecule has 0 saturated carbocycles. The third-order valence-corrected chi connectivity index (χ3v) is 6.68. The second-order valence-electron chi connectivity index (χ2n) is 7.53. The SMILES string of the molecule is O=C(NC1CCCNC1)c1ccnc2nc(-c3ccc(N4CCNCC4)s3)[nH]c12. The number of anilines is 1. The lowest BCUT2D eigenvalue weighted by atomic mass is 10.1. The van der Waals surface area contributed by atoms with E-state index in [0.29, 0.717) is 16.7 Å². The number of aromatic nitrogens is 3. The molecule has 4 N–H and O–H groups in total. The van der Waals surface area contributed by atoms with Crippen molar-refractivity contribution in [3.05, 3.63) is 30.0 Å². The van der Waals surface area contributed by atoms with Crippen LogP contribution in [0.15, 0.2) is 24.4 Å². The lowest BCUT2D eigenvalue weighted by molar-refractivity contribution is 0.0932. The molecule has 0 aliphatic carbocycles. The average Bonchev–Trinajstić information content (AvgIpc) is 3.42. The third-order valence-electron chi connectivity index (χ3n) is 5.52. The number of thiophene rings is 1. The molecule has 2 aliphatic rings. The number of nitrogens with zero attached hydrogens (tertiary/aromatic N) is 3. The van der Waals surface area contributed by atoms with Crippen molar-refractivity contribution >= 4 is 33.4 Å². The van der Waals surface area contributed by atoms with E-state index >= 15 is 0 Å². The molecule has 3 aromatic rings. The first-order valence-electron chi connectivity index (χ1n) is 10.2. The van der Waals surface area contributed by atoms with Crippen LogP contribution in [0, 0.1) is 0 Å². The highest BCUT2D eigenvalue weighted by molar-refractivity contribution is 7.19. The van der Waals surface area contributed by atoms with Crippen LogP contribution in [-0.2, 0) is 0 Å². The lowest BCUT2D eigenvalue weighted by Crippen LogP contribution is -2.45. The summed E-state index contributed by atoms with van der Waals surface area (Å²) in [6, 6.07) is 6.17. The summed E-state index contributed by atoms with van der Waals surface area (Å²) in [4.78, 5) is 28.7. The second kappa shape index (κ2) is 8.10. The molecule has 0 aromatic carbocycles. The van der Waals surface area contributed by atoms with E-state index in [9.17, 15) is 4.79 Å². The summed E-state index contributed by atoms with van der Waals surface area (Å²) in [6.07, 6.45) is 3.74. The standard InChI is InChI=1S/C20H25N7OS/c28-20(24-13-2-1-6-22-12-13)14-5-7-23-19-17(14)25-18(26-19)15-3-4-16(29-15)27-10-8-21-9-11-27/h3-5,7,13,21-22H,1-2,6,8-12H2,(H,24,28)(H,23,25,26). The molecule has 1 amide bonds. The number of H-pyrrole nitrogens is 1. The summed E-state index contributed by atoms with van der Waals surface area (Å²) in [7, 11) is 0. The highest BCUT2D eigenvalue weighted by Gasteiger charge is 2.20. The summed E-state index contributed by atoms with van der Waals surface area (Å²) < 4.78 is 0. The van der Waals surface area contributed by atoms with Gasteiger partial charge in [-0.3, -0.25) is 4.79 Å². The van der Waals surface area contributed by atoms with Gasteiger partial charge >= 0.3 is 0 Å². The summed E-state index contributed by atoms with van der Waals surface area (Å²) >= 11 is 1.72. The van der Waals surface area contributed by atoms with Gasteiger partial charge < -0.3 is 25.8 Å². The Morgan fingerprint density at radius 1 is 1.17 bits per heavy atom. The van der Waals surface area contributed by atoms with E-state index in [2.05, 4.69) is 47.9 Å². The van der Waals surface area contributed by atoms with Crippen molar-refractivity contribution in [2.75, 3.05) is 44.2 Å². The highest BCUT2D eigenvalue weighted by Crippen LogP contribution is 2.33. The number of carbonyl (C=O) groups excluding carboxylic acids is 1. The second-order valence-corrected chi connectivity index (χ2v) is 8.60. The zero-order valence-corrected chi connectivity index (χ0v) is 17.0. The molecular weight excluding hydrogens is 386 g/mol. The van der Waals surface area contributed by atoms with E-state index < -0.39 is 0 Å². The number of rotatable bonds is 4. The first kappa shape index (κ1) is 18.5. The largest absolute Gasteiger partial charge is 0.361 e. The number of imidazole rings is 1. The van der Waals surface area contributed by atoms with Crippen molar-refractivity contribution in [2.45, 2.75) is 18.9 Å². The quantitative estimate of drug-likeness (QED) is 0.520. The van der Waals surface area contributed by atoms with E-state index in [1.165, 1.54) is 5.00 Å². The van der Waals surface area contributed by atoms with E-state index in [0.717, 1.165) is 62.8 Å². The van der Waals surface area contributed by atoms with Gasteiger partial charge in [-0.1, -0.05) is 0 Å². The van der Waals surface area contributed by atoms with Gasteiger partial charge in [0.05, 0.1) is 21.0 Å². The maximum atomic E-state index is 12.9. The molecule has 0 radical (unpaired) electrons. The molecule has 0 spiro atoms. The number of aromatic amines is 1. The summed E-state index contributed by atoms with van der Waals surface area (Å²) in [5.41, 5.74) is 1.87. The molecular formula is C20H25N7OS. The lowest BCUT2D eigenvalue weighted by Gasteiger charge is -2.27. The van der Waals surface area contributed by atoms with Crippen LogP contribution in [0.1, 0.15) is 23.2 Å². The van der Waals surface area contributed by atoms with Gasteiger partial charge in [-0.15, -0.1) is 11.3 Å². The van der Waals surface area contributed by atoms with Crippen LogP contribution < -0.4 is 20.9 Å². The normalized spacial score (nSPS) is 20.1. The van der Waals surface area contributed by atoms with Crippen LogP contribution in [0.5, 0.6) is 0 Å². The number of amides is 1. The zero-order chi connectivity index (χ0) is 19.6. The summed E-state index contributed by atoms with van der Waals surface area (Å²) in [6.45, 7) is 5.89. The first-order chi connectivity index (χ1) is 14.3. The van der Waals surface area contributed by atoms with E-state index in [-0.39, 0.29) is 11.9 Å². The van der Waals surface area contributed by atoms with Gasteiger partial charge in [0.15, 0.2) is 11.5 Å². The molecule has 5 rings (SSSR count). The number of piperazine rings is 1. The van der Waals surface area contributed by atoms with E-state index in [1.807, 2.05) is 0 Å². The van der Waals surface area contributed by atoms with Crippen LogP contribution in [0.3, 0.4) is 0 Å². The van der Waals surface area contributed by atoms with Crippen LogP contribution >= 0.6 is 11.3 Å². The summed E-state index contributed by atoms with van der Waals surface area (Å²) in [5.74, 6) is 0.687. The topological polar surface area (TPSA) is 98.0 Å². The first-order valence-corrected chi connectivity index (χ1v) is 11.0. The Morgan fingerprint density at radius 2 is 2.07 bits per heavy atom. The highest BCUT2D eigenvalue weighted by atomic mass is 32.1. The van der Waals surface area contributed by atoms with Crippen LogP contribution in [0.25, 0.3) is 21.9 Å². The van der Waals surface area contributed by atoms with Crippen molar-refractivity contribution in [3.8, 4) is 10.7 Å². The maximum absolute atomic E-state index is 12.9. The fraction of sp³-hybridized carbons (Fsp3) is 0.450. The minimum atomic E-state index is -0.0750. The Kier molecular flexibility index (Phi) is 5.17. The molecule has 9 heteroatoms. The number of hydrogen-bond acceptors (Lipinski definition) is 7. The smallest absolute Gasteiger partial charge is 0.253 e. The molecule has 2 aliphatic heterocycles. The van der Waals surface area contributed by atoms with Crippen LogP contribution in [-0.4, -0.2) is 66.2 Å². The van der Waals surface area contributed by atoms with Gasteiger partial charge in [-0.05, 0) is 37.6 Å². The summed E-state index contributed by atoms with van der Waals surface area (Å²) in [5, 5.41) is 11.1. The number of piperidine rings is 1. The molecule has 8 nitrogen and oxygen atoms in total. The monoisotopic (exact) mass is 411 g/mol. The van der Waals surface area contributed by atoms with E-state index in [4.69, 9.17) is 0 Å². The average molecular weight is 412 g/mol. The Balaban J connectivity index is 1.40. The Bertz CT molecular complexity index is 1000. The van der Waals surface area contributed by atoms with E-state index in [1.54, 1.807) is 23.6 Å². The minimum absolute atomic E-state index is 0.0750. The molecule has 29 heavy (non-hydrogen) atoms. The van der Waals surface area contributed by atoms with Crippen molar-refractivity contribution in [2.24, 2.45) is 0 Å². The zero-order valence-electron chi connectivity index (χ0n) is 16.2. The Labute approximate surface area is 173 Å². The van der Waals surface area contributed by atoms with Gasteiger partial charge in [-0.25, -0.2) is 9.97 Å². The molecule has 5 heterocycles. The molecule has 1 unspecified atom stereocenters. The number of fused-ring (bicyclic) bond motifs is 1. The van der Waals surface area contributed by atoms with Gasteiger partial charge in [0.25, 0.3) is 5.91 Å². The third kappa shape index (κ3) is 3.85. The Hall–Kier alpha value is -2.49. The van der Waals surface area contributed by atoms with Crippen LogP contribution in [0.4, 0.5) is 5.00 Å². The fourth-order valence-electron chi connectivity index (χ4n) is 3.97. The predicted molar refractivity (Wildman–Crippen MR) is 116 cm³/mol. The number of pyridine rings is 1. The molecule has 0 bridgehead atoms. The van der Waals surface area contributed by atoms with Crippen molar-refractivity contribution in [1.82, 2.24) is 30.9 Å². The molecule has 2 saturated heterocycles. The number of carbonyl (C=O) groups is 1. The van der Waals surface area contributed by atoms with Gasteiger partial charge in [0, 0.05) is 45.0 Å². The van der Waals surface area contributed by atoms with Crippen molar-refractivity contribution in [3.63, 3.8) is 0 Å². The fourth-order valence-corrected chi connectivity index (χ4v) is 4.97. The molecule has 1 atom stereocenters. The van der Waals surface area contributed by atoms with Gasteiger partial charge in [0.2, 0.25) is 0 Å². The molecule has 152 valence electrons. The van der Waals surface area contributed by atoms with Gasteiger partial charge in [0.1, 0.15) is 0 Å². The molecule has 3 aromatic heterocycles. The van der Waals surface area contributed by atoms with Gasteiger partial charge in [-0.2, -0.15) is 0 Å². The maximum Gasteiger partial charge on any atom is 0.253 e. The number of nitrogens with one attached hydrogen (secondary N) is 4. The molecule has 2 fully saturated rings. The van der Waals surface area contributed by atoms with Crippen molar-refractivity contribution < 1.29 is 4.79 Å². The minimum Gasteiger partial charge on any atom is -0.361 e. The predicted octanol–water partition coefficient (Wildman–Crippen LogP) is 1.58. The Morgan fingerprint density at radius 3 is 2.90 bits per heavy atom. The van der Waals surface area contributed by atoms with Crippen molar-refractivity contribution in [1.29, 1.82) is 0 Å².